The van der Waals surface area contributed by atoms with E-state index in [1.54, 1.807) is 6.07 Å². The number of aromatic nitrogens is 1. The van der Waals surface area contributed by atoms with Gasteiger partial charge in [-0.1, -0.05) is 11.2 Å². The third-order valence-electron chi connectivity index (χ3n) is 2.35. The Morgan fingerprint density at radius 3 is 2.60 bits per heavy atom. The summed E-state index contributed by atoms with van der Waals surface area (Å²) in [6, 6.07) is 7.52. The molecule has 0 fully saturated rings. The average Bonchev–Trinajstić information content (AvgIpc) is 2.41. The molecule has 0 aliphatic carbocycles. The predicted molar refractivity (Wildman–Crippen MR) is 65.1 cm³/mol. The summed E-state index contributed by atoms with van der Waals surface area (Å²) >= 11 is 0. The van der Waals surface area contributed by atoms with Gasteiger partial charge in [0.1, 0.15) is 5.75 Å². The molecule has 0 aliphatic rings. The maximum atomic E-state index is 12.5. The monoisotopic (exact) mass is 282 g/mol. The molecule has 0 radical (unpaired) electrons. The number of rotatable bonds is 3. The Hall–Kier alpha value is -2.57. The summed E-state index contributed by atoms with van der Waals surface area (Å²) in [5, 5.41) is 11.2. The van der Waals surface area contributed by atoms with Crippen molar-refractivity contribution in [3.8, 4) is 11.6 Å². The van der Waals surface area contributed by atoms with E-state index in [9.17, 15) is 13.2 Å². The van der Waals surface area contributed by atoms with E-state index >= 15 is 0 Å². The fourth-order valence-corrected chi connectivity index (χ4v) is 1.45. The molecule has 104 valence electrons. The van der Waals surface area contributed by atoms with E-state index in [0.717, 1.165) is 12.1 Å². The van der Waals surface area contributed by atoms with Gasteiger partial charge < -0.3 is 9.94 Å². The second kappa shape index (κ2) is 5.60. The number of hydrogen-bond acceptors (Lipinski definition) is 4. The Bertz CT molecular complexity index is 610. The lowest BCUT2D eigenvalue weighted by molar-refractivity contribution is -0.137. The van der Waals surface area contributed by atoms with E-state index in [1.807, 2.05) is 0 Å². The molecule has 0 bridgehead atoms. The van der Waals surface area contributed by atoms with Crippen molar-refractivity contribution in [2.24, 2.45) is 5.16 Å². The number of halogens is 3. The van der Waals surface area contributed by atoms with Crippen molar-refractivity contribution in [3.05, 3.63) is 53.7 Å². The summed E-state index contributed by atoms with van der Waals surface area (Å²) in [6.07, 6.45) is -1.89. The van der Waals surface area contributed by atoms with Crippen LogP contribution in [-0.4, -0.2) is 16.4 Å². The van der Waals surface area contributed by atoms with Crippen LogP contribution >= 0.6 is 0 Å². The van der Waals surface area contributed by atoms with Crippen LogP contribution in [-0.2, 0) is 6.18 Å². The molecule has 0 unspecified atom stereocenters. The van der Waals surface area contributed by atoms with Crippen molar-refractivity contribution < 1.29 is 23.1 Å². The lowest BCUT2D eigenvalue weighted by atomic mass is 10.2. The number of benzene rings is 1. The molecule has 0 atom stereocenters. The van der Waals surface area contributed by atoms with E-state index in [2.05, 4.69) is 10.1 Å². The van der Waals surface area contributed by atoms with Gasteiger partial charge in [0.15, 0.2) is 0 Å². The largest absolute Gasteiger partial charge is 0.439 e. The summed E-state index contributed by atoms with van der Waals surface area (Å²) in [5.74, 6) is 0.176. The normalized spacial score (nSPS) is 11.8. The summed E-state index contributed by atoms with van der Waals surface area (Å²) in [4.78, 5) is 3.88. The Labute approximate surface area is 112 Å². The Morgan fingerprint density at radius 2 is 2.00 bits per heavy atom. The average molecular weight is 282 g/mol. The fourth-order valence-electron chi connectivity index (χ4n) is 1.45. The number of hydrogen-bond donors (Lipinski definition) is 1. The van der Waals surface area contributed by atoms with Gasteiger partial charge in [0.25, 0.3) is 0 Å². The molecule has 0 spiro atoms. The number of nitrogens with zero attached hydrogens (tertiary/aromatic N) is 2. The molecule has 1 aromatic carbocycles. The molecule has 1 aromatic heterocycles. The second-order valence-electron chi connectivity index (χ2n) is 3.80. The third kappa shape index (κ3) is 3.47. The highest BCUT2D eigenvalue weighted by molar-refractivity contribution is 5.78. The lowest BCUT2D eigenvalue weighted by Gasteiger charge is -2.09. The van der Waals surface area contributed by atoms with E-state index in [-0.39, 0.29) is 11.6 Å². The second-order valence-corrected chi connectivity index (χ2v) is 3.80. The van der Waals surface area contributed by atoms with Gasteiger partial charge in [-0.2, -0.15) is 13.2 Å². The van der Waals surface area contributed by atoms with Crippen LogP contribution in [0.15, 0.2) is 47.8 Å². The minimum Gasteiger partial charge on any atom is -0.439 e. The quantitative estimate of drug-likeness (QED) is 0.530. The molecule has 0 saturated heterocycles. The van der Waals surface area contributed by atoms with Gasteiger partial charge in [-0.3, -0.25) is 0 Å². The SMILES string of the molecule is O/N=C\c1ccc(Oc2cccc(C(F)(F)F)c2)nc1. The molecule has 7 heteroatoms. The highest BCUT2D eigenvalue weighted by atomic mass is 19.4. The van der Waals surface area contributed by atoms with Gasteiger partial charge in [-0.05, 0) is 24.3 Å². The number of oxime groups is 1. The summed E-state index contributed by atoms with van der Waals surface area (Å²) in [5.41, 5.74) is -0.261. The highest BCUT2D eigenvalue weighted by Crippen LogP contribution is 2.32. The number of pyridine rings is 1. The summed E-state index contributed by atoms with van der Waals surface area (Å²) in [7, 11) is 0. The molecule has 4 nitrogen and oxygen atoms in total. The standard InChI is InChI=1S/C13H9F3N2O2/c14-13(15,16)10-2-1-3-11(6-10)20-12-5-4-9(7-17-12)8-18-19/h1-8,19H/b18-8-. The van der Waals surface area contributed by atoms with Crippen LogP contribution in [0, 0.1) is 0 Å². The molecule has 2 aromatic rings. The molecule has 1 N–H and O–H groups in total. The zero-order chi connectivity index (χ0) is 14.6. The number of ether oxygens (including phenoxy) is 1. The van der Waals surface area contributed by atoms with Crippen LogP contribution in [0.5, 0.6) is 11.6 Å². The first-order valence-electron chi connectivity index (χ1n) is 5.47. The highest BCUT2D eigenvalue weighted by Gasteiger charge is 2.30. The van der Waals surface area contributed by atoms with Crippen molar-refractivity contribution >= 4 is 6.21 Å². The first kappa shape index (κ1) is 13.9. The van der Waals surface area contributed by atoms with E-state index in [0.29, 0.717) is 5.56 Å². The molecule has 0 amide bonds. The maximum absolute atomic E-state index is 12.5. The first-order valence-corrected chi connectivity index (χ1v) is 5.47. The zero-order valence-corrected chi connectivity index (χ0v) is 10.0. The molecular formula is C13H9F3N2O2. The molecule has 1 heterocycles. The van der Waals surface area contributed by atoms with Gasteiger partial charge in [0.2, 0.25) is 5.88 Å². The van der Waals surface area contributed by atoms with Gasteiger partial charge in [0, 0.05) is 17.8 Å². The van der Waals surface area contributed by atoms with Crippen molar-refractivity contribution in [2.45, 2.75) is 6.18 Å². The van der Waals surface area contributed by atoms with Crippen LogP contribution in [0.2, 0.25) is 0 Å². The Kier molecular flexibility index (Phi) is 3.88. The smallest absolute Gasteiger partial charge is 0.416 e. The van der Waals surface area contributed by atoms with Crippen molar-refractivity contribution in [3.63, 3.8) is 0 Å². The van der Waals surface area contributed by atoms with Crippen LogP contribution < -0.4 is 4.74 Å². The van der Waals surface area contributed by atoms with Crippen molar-refractivity contribution in [1.29, 1.82) is 0 Å². The van der Waals surface area contributed by atoms with E-state index in [1.165, 1.54) is 30.6 Å². The Morgan fingerprint density at radius 1 is 1.20 bits per heavy atom. The van der Waals surface area contributed by atoms with Gasteiger partial charge >= 0.3 is 6.18 Å². The van der Waals surface area contributed by atoms with Crippen LogP contribution in [0.4, 0.5) is 13.2 Å². The summed E-state index contributed by atoms with van der Waals surface area (Å²) < 4.78 is 42.8. The van der Waals surface area contributed by atoms with Crippen molar-refractivity contribution in [1.82, 2.24) is 4.98 Å². The Balaban J connectivity index is 2.17. The first-order chi connectivity index (χ1) is 9.49. The molecule has 0 saturated carbocycles. The van der Waals surface area contributed by atoms with Gasteiger partial charge in [-0.15, -0.1) is 0 Å². The minimum atomic E-state index is -4.42. The fraction of sp³-hybridized carbons (Fsp3) is 0.0769. The molecule has 2 rings (SSSR count). The lowest BCUT2D eigenvalue weighted by Crippen LogP contribution is -2.04. The van der Waals surface area contributed by atoms with Gasteiger partial charge in [-0.25, -0.2) is 4.98 Å². The number of alkyl halides is 3. The van der Waals surface area contributed by atoms with E-state index < -0.39 is 11.7 Å². The van der Waals surface area contributed by atoms with Crippen LogP contribution in [0.3, 0.4) is 0 Å². The summed E-state index contributed by atoms with van der Waals surface area (Å²) in [6.45, 7) is 0. The third-order valence-corrected chi connectivity index (χ3v) is 2.35. The molecule has 0 aliphatic heterocycles. The minimum absolute atomic E-state index is 0.0379. The van der Waals surface area contributed by atoms with Gasteiger partial charge in [0.05, 0.1) is 11.8 Å². The van der Waals surface area contributed by atoms with Crippen molar-refractivity contribution in [2.75, 3.05) is 0 Å². The topological polar surface area (TPSA) is 54.7 Å². The zero-order valence-electron chi connectivity index (χ0n) is 10.0. The van der Waals surface area contributed by atoms with E-state index in [4.69, 9.17) is 9.94 Å². The maximum Gasteiger partial charge on any atom is 0.416 e. The van der Waals surface area contributed by atoms with Crippen LogP contribution in [0.25, 0.3) is 0 Å². The molecule has 20 heavy (non-hydrogen) atoms. The van der Waals surface area contributed by atoms with Crippen LogP contribution in [0.1, 0.15) is 11.1 Å². The molecular weight excluding hydrogens is 273 g/mol. The predicted octanol–water partition coefficient (Wildman–Crippen LogP) is 3.70.